The lowest BCUT2D eigenvalue weighted by Crippen LogP contribution is -1.96. The first-order valence-corrected chi connectivity index (χ1v) is 17.2. The molecule has 0 fully saturated rings. The summed E-state index contributed by atoms with van der Waals surface area (Å²) in [6.45, 7) is 0. The van der Waals surface area contributed by atoms with Gasteiger partial charge in [-0.15, -0.1) is 0 Å². The molecule has 234 valence electrons. The normalized spacial score (nSPS) is 11.6. The van der Waals surface area contributed by atoms with Gasteiger partial charge in [0.15, 0.2) is 0 Å². The van der Waals surface area contributed by atoms with Crippen LogP contribution >= 0.6 is 0 Å². The Morgan fingerprint density at radius 3 is 1.12 bits per heavy atom. The molecule has 2 aromatic heterocycles. The lowest BCUT2D eigenvalue weighted by Gasteiger charge is -2.14. The Hall–Kier alpha value is -6.64. The highest BCUT2D eigenvalue weighted by atomic mass is 15.0. The largest absolute Gasteiger partial charge is 0.309 e. The van der Waals surface area contributed by atoms with Crippen molar-refractivity contribution in [3.05, 3.63) is 194 Å². The molecule has 2 heterocycles. The van der Waals surface area contributed by atoms with Crippen LogP contribution in [0.3, 0.4) is 0 Å². The van der Waals surface area contributed by atoms with Gasteiger partial charge in [0.05, 0.1) is 22.1 Å². The predicted molar refractivity (Wildman–Crippen MR) is 211 cm³/mol. The highest BCUT2D eigenvalue weighted by Crippen LogP contribution is 2.39. The van der Waals surface area contributed by atoms with Crippen LogP contribution in [0, 0.1) is 0 Å². The number of nitrogens with zero attached hydrogens (tertiary/aromatic N) is 2. The topological polar surface area (TPSA) is 9.86 Å². The summed E-state index contributed by atoms with van der Waals surface area (Å²) in [6, 6.07) is 70.4. The van der Waals surface area contributed by atoms with E-state index >= 15 is 0 Å². The van der Waals surface area contributed by atoms with Gasteiger partial charge in [-0.2, -0.15) is 0 Å². The van der Waals surface area contributed by atoms with Crippen molar-refractivity contribution in [1.29, 1.82) is 0 Å². The fraction of sp³-hybridized carbons (Fsp3) is 0. The second kappa shape index (κ2) is 11.5. The van der Waals surface area contributed by atoms with E-state index in [1.54, 1.807) is 0 Å². The molecule has 0 N–H and O–H groups in total. The minimum Gasteiger partial charge on any atom is -0.309 e. The third-order valence-electron chi connectivity index (χ3n) is 10.1. The summed E-state index contributed by atoms with van der Waals surface area (Å²) in [5.41, 5.74) is 14.4. The van der Waals surface area contributed by atoms with Crippen LogP contribution in [0.5, 0.6) is 0 Å². The molecule has 2 heteroatoms. The number of para-hydroxylation sites is 3. The minimum absolute atomic E-state index is 1.15. The van der Waals surface area contributed by atoms with E-state index in [1.165, 1.54) is 82.7 Å². The summed E-state index contributed by atoms with van der Waals surface area (Å²) in [6.07, 6.45) is 0. The molecular formula is C48H32N2. The molecule has 10 aromatic rings. The first-order valence-electron chi connectivity index (χ1n) is 17.2. The van der Waals surface area contributed by atoms with Gasteiger partial charge in [0.25, 0.3) is 0 Å². The maximum atomic E-state index is 2.43. The Morgan fingerprint density at radius 1 is 0.220 bits per heavy atom. The molecule has 8 aromatic carbocycles. The van der Waals surface area contributed by atoms with Crippen molar-refractivity contribution in [2.45, 2.75) is 0 Å². The van der Waals surface area contributed by atoms with Crippen LogP contribution in [0.4, 0.5) is 0 Å². The van der Waals surface area contributed by atoms with Crippen LogP contribution in [0.15, 0.2) is 194 Å². The first-order chi connectivity index (χ1) is 24.8. The number of hydrogen-bond acceptors (Lipinski definition) is 0. The quantitative estimate of drug-likeness (QED) is 0.178. The molecule has 50 heavy (non-hydrogen) atoms. The number of rotatable bonds is 5. The van der Waals surface area contributed by atoms with Gasteiger partial charge >= 0.3 is 0 Å². The highest BCUT2D eigenvalue weighted by molar-refractivity contribution is 6.12. The predicted octanol–water partition coefficient (Wildman–Crippen LogP) is 12.9. The lowest BCUT2D eigenvalue weighted by atomic mass is 9.98. The molecule has 0 saturated carbocycles. The Labute approximate surface area is 290 Å². The maximum Gasteiger partial charge on any atom is 0.0541 e. The molecule has 0 atom stereocenters. The number of aromatic nitrogens is 2. The van der Waals surface area contributed by atoms with E-state index in [1.807, 2.05) is 0 Å². The number of fused-ring (bicyclic) bond motifs is 6. The molecule has 2 nitrogen and oxygen atoms in total. The Bertz CT molecular complexity index is 2780. The van der Waals surface area contributed by atoms with Crippen molar-refractivity contribution in [3.63, 3.8) is 0 Å². The highest BCUT2D eigenvalue weighted by Gasteiger charge is 2.17. The van der Waals surface area contributed by atoms with Crippen molar-refractivity contribution in [1.82, 2.24) is 9.13 Å². The summed E-state index contributed by atoms with van der Waals surface area (Å²) >= 11 is 0. The molecule has 0 aliphatic heterocycles. The zero-order valence-corrected chi connectivity index (χ0v) is 27.4. The molecule has 0 unspecified atom stereocenters. The van der Waals surface area contributed by atoms with Gasteiger partial charge < -0.3 is 9.13 Å². The van der Waals surface area contributed by atoms with Crippen LogP contribution in [-0.4, -0.2) is 9.13 Å². The van der Waals surface area contributed by atoms with E-state index in [9.17, 15) is 0 Å². The number of benzene rings is 8. The van der Waals surface area contributed by atoms with Crippen molar-refractivity contribution < 1.29 is 0 Å². The molecule has 0 bridgehead atoms. The Morgan fingerprint density at radius 2 is 0.620 bits per heavy atom. The van der Waals surface area contributed by atoms with Crippen LogP contribution < -0.4 is 0 Å². The van der Waals surface area contributed by atoms with Gasteiger partial charge in [-0.05, 0) is 100 Å². The second-order valence-electron chi connectivity index (χ2n) is 13.0. The van der Waals surface area contributed by atoms with Gasteiger partial charge in [0, 0.05) is 32.9 Å². The van der Waals surface area contributed by atoms with Crippen molar-refractivity contribution >= 4 is 43.6 Å². The van der Waals surface area contributed by atoms with Gasteiger partial charge in [-0.25, -0.2) is 0 Å². The average molecular weight is 637 g/mol. The van der Waals surface area contributed by atoms with Gasteiger partial charge in [-0.1, -0.05) is 127 Å². The van der Waals surface area contributed by atoms with Crippen LogP contribution in [-0.2, 0) is 0 Å². The fourth-order valence-corrected chi connectivity index (χ4v) is 7.77. The van der Waals surface area contributed by atoms with Gasteiger partial charge in [0.1, 0.15) is 0 Å². The molecule has 0 amide bonds. The standard InChI is InChI=1S/C48H32N2/c1-4-14-33(15-5-1)37-28-38(34-16-6-2-7-17-34)30-40(29-37)50-46-23-13-11-21-42(46)44-32-36(25-27-48(44)50)35-24-26-47-43(31-35)41-20-10-12-22-45(41)49(47)39-18-8-3-9-19-39/h1-32H. The summed E-state index contributed by atoms with van der Waals surface area (Å²) in [5.74, 6) is 0. The maximum absolute atomic E-state index is 2.43. The molecule has 0 aliphatic rings. The molecule has 0 saturated heterocycles. The smallest absolute Gasteiger partial charge is 0.0541 e. The summed E-state index contributed by atoms with van der Waals surface area (Å²) in [7, 11) is 0. The van der Waals surface area contributed by atoms with Crippen LogP contribution in [0.1, 0.15) is 0 Å². The van der Waals surface area contributed by atoms with E-state index in [-0.39, 0.29) is 0 Å². The summed E-state index contributed by atoms with van der Waals surface area (Å²) in [4.78, 5) is 0. The second-order valence-corrected chi connectivity index (χ2v) is 13.0. The van der Waals surface area contributed by atoms with Crippen molar-refractivity contribution in [2.24, 2.45) is 0 Å². The zero-order valence-electron chi connectivity index (χ0n) is 27.4. The summed E-state index contributed by atoms with van der Waals surface area (Å²) < 4.78 is 4.81. The zero-order chi connectivity index (χ0) is 33.0. The monoisotopic (exact) mass is 636 g/mol. The SMILES string of the molecule is c1ccc(-c2cc(-c3ccccc3)cc(-n3c4ccccc4c4cc(-c5ccc6c(c5)c5ccccc5n6-c5ccccc5)ccc43)c2)cc1. The molecule has 10 rings (SSSR count). The minimum atomic E-state index is 1.15. The van der Waals surface area contributed by atoms with Gasteiger partial charge in [0.2, 0.25) is 0 Å². The molecule has 0 radical (unpaired) electrons. The third-order valence-corrected chi connectivity index (χ3v) is 10.1. The third kappa shape index (κ3) is 4.57. The average Bonchev–Trinajstić information content (AvgIpc) is 3.71. The van der Waals surface area contributed by atoms with Gasteiger partial charge in [-0.3, -0.25) is 0 Å². The Balaban J connectivity index is 1.17. The number of hydrogen-bond donors (Lipinski definition) is 0. The van der Waals surface area contributed by atoms with Crippen LogP contribution in [0.2, 0.25) is 0 Å². The van der Waals surface area contributed by atoms with Crippen molar-refractivity contribution in [2.75, 3.05) is 0 Å². The van der Waals surface area contributed by atoms with E-state index in [4.69, 9.17) is 0 Å². The van der Waals surface area contributed by atoms with Crippen molar-refractivity contribution in [3.8, 4) is 44.8 Å². The Kier molecular flexibility index (Phi) is 6.53. The van der Waals surface area contributed by atoms with Crippen LogP contribution in [0.25, 0.3) is 88.4 Å². The fourth-order valence-electron chi connectivity index (χ4n) is 7.77. The first kappa shape index (κ1) is 28.4. The lowest BCUT2D eigenvalue weighted by molar-refractivity contribution is 1.18. The van der Waals surface area contributed by atoms with E-state index in [0.717, 1.165) is 5.69 Å². The van der Waals surface area contributed by atoms with E-state index < -0.39 is 0 Å². The molecular weight excluding hydrogens is 605 g/mol. The van der Waals surface area contributed by atoms with E-state index in [0.29, 0.717) is 0 Å². The molecule has 0 aliphatic carbocycles. The van der Waals surface area contributed by atoms with E-state index in [2.05, 4.69) is 203 Å². The summed E-state index contributed by atoms with van der Waals surface area (Å²) in [5, 5.41) is 5.02. The molecule has 0 spiro atoms.